The molecule has 0 bridgehead atoms. The van der Waals surface area contributed by atoms with Crippen LogP contribution in [0.2, 0.25) is 0 Å². The number of aromatic nitrogens is 1. The topological polar surface area (TPSA) is 77.7 Å². The van der Waals surface area contributed by atoms with E-state index in [-0.39, 0.29) is 24.2 Å². The predicted octanol–water partition coefficient (Wildman–Crippen LogP) is 4.47. The number of benzene rings is 1. The van der Waals surface area contributed by atoms with E-state index in [1.807, 2.05) is 0 Å². The Morgan fingerprint density at radius 2 is 1.93 bits per heavy atom. The van der Waals surface area contributed by atoms with Crippen molar-refractivity contribution in [1.29, 1.82) is 0 Å². The third kappa shape index (κ3) is 4.48. The van der Waals surface area contributed by atoms with E-state index < -0.39 is 35.2 Å². The molecule has 1 aromatic carbocycles. The molecule has 162 valence electrons. The molecule has 1 amide bonds. The van der Waals surface area contributed by atoms with Gasteiger partial charge in [-0.2, -0.15) is 0 Å². The van der Waals surface area contributed by atoms with Crippen molar-refractivity contribution in [1.82, 2.24) is 4.98 Å². The molecule has 6 nitrogen and oxygen atoms in total. The van der Waals surface area contributed by atoms with Crippen LogP contribution in [0.25, 0.3) is 0 Å². The molecule has 0 aliphatic carbocycles. The van der Waals surface area contributed by atoms with Gasteiger partial charge in [0.15, 0.2) is 11.6 Å². The number of pyridine rings is 1. The van der Waals surface area contributed by atoms with Crippen molar-refractivity contribution in [3.63, 3.8) is 0 Å². The van der Waals surface area contributed by atoms with Crippen LogP contribution in [-0.4, -0.2) is 29.6 Å². The van der Waals surface area contributed by atoms with Gasteiger partial charge in [-0.05, 0) is 57.0 Å². The predicted molar refractivity (Wildman–Crippen MR) is 100 cm³/mol. The van der Waals surface area contributed by atoms with Crippen LogP contribution in [0.15, 0.2) is 36.5 Å². The number of fused-ring (bicyclic) bond motifs is 1. The second kappa shape index (κ2) is 7.42. The van der Waals surface area contributed by atoms with Gasteiger partial charge in [0.05, 0.1) is 16.9 Å². The second-order valence-electron chi connectivity index (χ2n) is 7.92. The average molecular weight is 427 g/mol. The Hall–Kier alpha value is -2.88. The van der Waals surface area contributed by atoms with Gasteiger partial charge in [-0.15, -0.1) is 13.2 Å². The van der Waals surface area contributed by atoms with Gasteiger partial charge >= 0.3 is 12.5 Å². The molecule has 0 fully saturated rings. The molecular weight excluding hydrogens is 406 g/mol. The maximum absolute atomic E-state index is 14.3. The van der Waals surface area contributed by atoms with E-state index in [4.69, 9.17) is 10.5 Å². The zero-order valence-electron chi connectivity index (χ0n) is 16.6. The molecule has 1 atom stereocenters. The Morgan fingerprint density at radius 3 is 2.53 bits per heavy atom. The first kappa shape index (κ1) is 21.8. The van der Waals surface area contributed by atoms with Crippen molar-refractivity contribution < 1.29 is 31.8 Å². The summed E-state index contributed by atoms with van der Waals surface area (Å²) in [5.74, 6) is -2.16. The molecule has 10 heteroatoms. The number of hydrogen-bond acceptors (Lipinski definition) is 5. The normalized spacial score (nSPS) is 19.3. The Balaban J connectivity index is 1.99. The van der Waals surface area contributed by atoms with Crippen LogP contribution in [0.5, 0.6) is 5.75 Å². The molecule has 3 rings (SSSR count). The Morgan fingerprint density at radius 1 is 1.23 bits per heavy atom. The highest BCUT2D eigenvalue weighted by molar-refractivity contribution is 5.89. The van der Waals surface area contributed by atoms with Crippen LogP contribution >= 0.6 is 0 Å². The number of rotatable bonds is 2. The minimum absolute atomic E-state index is 0.145. The van der Waals surface area contributed by atoms with E-state index in [1.165, 1.54) is 17.2 Å². The molecule has 30 heavy (non-hydrogen) atoms. The van der Waals surface area contributed by atoms with Gasteiger partial charge in [-0.25, -0.2) is 9.18 Å². The Kier molecular flexibility index (Phi) is 5.40. The Bertz CT molecular complexity index is 959. The fourth-order valence-electron chi connectivity index (χ4n) is 3.26. The van der Waals surface area contributed by atoms with E-state index in [9.17, 15) is 22.4 Å². The van der Waals surface area contributed by atoms with Gasteiger partial charge in [0.2, 0.25) is 0 Å². The largest absolute Gasteiger partial charge is 0.573 e. The summed E-state index contributed by atoms with van der Waals surface area (Å²) in [4.78, 5) is 18.3. The number of carbonyl (C=O) groups is 1. The summed E-state index contributed by atoms with van der Waals surface area (Å²) in [5, 5.41) is 0. The summed E-state index contributed by atoms with van der Waals surface area (Å²) in [7, 11) is 0. The van der Waals surface area contributed by atoms with Crippen molar-refractivity contribution in [2.75, 3.05) is 11.4 Å². The van der Waals surface area contributed by atoms with E-state index in [1.54, 1.807) is 32.9 Å². The molecule has 1 unspecified atom stereocenters. The van der Waals surface area contributed by atoms with E-state index in [0.29, 0.717) is 5.69 Å². The third-order valence-corrected chi connectivity index (χ3v) is 4.52. The number of halogens is 4. The Labute approximate surface area is 170 Å². The smallest absolute Gasteiger partial charge is 0.443 e. The second-order valence-corrected chi connectivity index (χ2v) is 7.92. The van der Waals surface area contributed by atoms with E-state index >= 15 is 0 Å². The number of nitrogens with two attached hydrogens (primary N) is 1. The molecule has 0 spiro atoms. The van der Waals surface area contributed by atoms with Crippen molar-refractivity contribution in [3.8, 4) is 5.75 Å². The minimum atomic E-state index is -5.02. The number of amides is 1. The van der Waals surface area contributed by atoms with Crippen LogP contribution in [0.3, 0.4) is 0 Å². The van der Waals surface area contributed by atoms with Crippen molar-refractivity contribution >= 4 is 11.8 Å². The lowest BCUT2D eigenvalue weighted by Gasteiger charge is -2.40. The molecule has 1 aliphatic heterocycles. The summed E-state index contributed by atoms with van der Waals surface area (Å²) in [6.45, 7) is 5.35. The summed E-state index contributed by atoms with van der Waals surface area (Å²) in [6, 6.07) is 6.26. The van der Waals surface area contributed by atoms with Gasteiger partial charge in [0.1, 0.15) is 5.60 Å². The molecule has 1 aromatic heterocycles. The van der Waals surface area contributed by atoms with Crippen LogP contribution in [-0.2, 0) is 10.3 Å². The fourth-order valence-corrected chi connectivity index (χ4v) is 3.26. The molecule has 0 saturated heterocycles. The van der Waals surface area contributed by atoms with Gasteiger partial charge < -0.3 is 15.2 Å². The first-order valence-electron chi connectivity index (χ1n) is 9.11. The number of nitrogens with zero attached hydrogens (tertiary/aromatic N) is 2. The first-order valence-corrected chi connectivity index (χ1v) is 9.11. The highest BCUT2D eigenvalue weighted by Gasteiger charge is 2.42. The summed E-state index contributed by atoms with van der Waals surface area (Å²) in [5.41, 5.74) is 5.39. The SMILES string of the molecule is CC(C)(C)OC(=O)N1CCC(N)(c2ccc(OC(F)(F)F)c(F)c2)c2ncccc21. The number of anilines is 1. The number of ether oxygens (including phenoxy) is 2. The maximum atomic E-state index is 14.3. The first-order chi connectivity index (χ1) is 13.8. The highest BCUT2D eigenvalue weighted by atomic mass is 19.4. The quantitative estimate of drug-likeness (QED) is 0.716. The lowest BCUT2D eigenvalue weighted by atomic mass is 9.80. The monoisotopic (exact) mass is 427 g/mol. The van der Waals surface area contributed by atoms with Gasteiger partial charge in [0, 0.05) is 12.7 Å². The zero-order chi connectivity index (χ0) is 22.3. The molecule has 0 saturated carbocycles. The van der Waals surface area contributed by atoms with Crippen molar-refractivity contribution in [3.05, 3.63) is 53.6 Å². The summed E-state index contributed by atoms with van der Waals surface area (Å²) in [6.07, 6.45) is -3.99. The molecular formula is C20H21F4N3O3. The minimum Gasteiger partial charge on any atom is -0.443 e. The van der Waals surface area contributed by atoms with Gasteiger partial charge in [-0.1, -0.05) is 6.07 Å². The van der Waals surface area contributed by atoms with E-state index in [0.717, 1.165) is 12.1 Å². The number of carbonyl (C=O) groups excluding carboxylic acids is 1. The highest BCUT2D eigenvalue weighted by Crippen LogP contribution is 2.41. The molecule has 2 N–H and O–H groups in total. The zero-order valence-corrected chi connectivity index (χ0v) is 16.6. The van der Waals surface area contributed by atoms with Crippen LogP contribution in [0, 0.1) is 5.82 Å². The van der Waals surface area contributed by atoms with Crippen LogP contribution in [0.1, 0.15) is 38.4 Å². The van der Waals surface area contributed by atoms with Crippen molar-refractivity contribution in [2.24, 2.45) is 5.73 Å². The molecule has 1 aliphatic rings. The lowest BCUT2D eigenvalue weighted by molar-refractivity contribution is -0.275. The fraction of sp³-hybridized carbons (Fsp3) is 0.400. The lowest BCUT2D eigenvalue weighted by Crippen LogP contribution is -2.50. The third-order valence-electron chi connectivity index (χ3n) is 4.52. The number of alkyl halides is 3. The van der Waals surface area contributed by atoms with Crippen LogP contribution < -0.4 is 15.4 Å². The van der Waals surface area contributed by atoms with E-state index in [2.05, 4.69) is 9.72 Å². The molecule has 2 heterocycles. The summed E-state index contributed by atoms with van der Waals surface area (Å²) >= 11 is 0. The molecule has 2 aromatic rings. The number of hydrogen-bond donors (Lipinski definition) is 1. The van der Waals surface area contributed by atoms with Crippen LogP contribution in [0.4, 0.5) is 28.0 Å². The summed E-state index contributed by atoms with van der Waals surface area (Å²) < 4.78 is 60.6. The van der Waals surface area contributed by atoms with Gasteiger partial charge in [0.25, 0.3) is 0 Å². The standard InChI is InChI=1S/C20H21F4N3O3/c1-18(2,3)30-17(28)27-10-8-19(25,16-14(27)5-4-9-26-16)12-6-7-15(13(21)11-12)29-20(22,23)24/h4-7,9,11H,8,10,25H2,1-3H3. The van der Waals surface area contributed by atoms with Crippen molar-refractivity contribution in [2.45, 2.75) is 44.7 Å². The van der Waals surface area contributed by atoms with Gasteiger partial charge in [-0.3, -0.25) is 9.88 Å². The average Bonchev–Trinajstić information content (AvgIpc) is 2.61. The maximum Gasteiger partial charge on any atom is 0.573 e. The molecule has 0 radical (unpaired) electrons.